The summed E-state index contributed by atoms with van der Waals surface area (Å²) >= 11 is 0. The third-order valence-corrected chi connectivity index (χ3v) is 3.76. The van der Waals surface area contributed by atoms with Gasteiger partial charge in [-0.2, -0.15) is 0 Å². The number of carbonyl (C=O) groups is 1. The molecule has 1 aliphatic rings. The average Bonchev–Trinajstić information content (AvgIpc) is 3.07. The molecule has 2 N–H and O–H groups in total. The first-order valence-corrected chi connectivity index (χ1v) is 7.58. The van der Waals surface area contributed by atoms with E-state index in [-0.39, 0.29) is 5.91 Å². The highest BCUT2D eigenvalue weighted by atomic mass is 16.1. The van der Waals surface area contributed by atoms with Gasteiger partial charge in [-0.3, -0.25) is 9.78 Å². The highest BCUT2D eigenvalue weighted by molar-refractivity contribution is 5.93. The molecule has 0 aromatic carbocycles. The van der Waals surface area contributed by atoms with Crippen molar-refractivity contribution in [3.8, 4) is 0 Å². The molecule has 22 heavy (non-hydrogen) atoms. The maximum absolute atomic E-state index is 12.1. The molecule has 2 heterocycles. The van der Waals surface area contributed by atoms with Gasteiger partial charge in [0.15, 0.2) is 0 Å². The summed E-state index contributed by atoms with van der Waals surface area (Å²) in [5, 5.41) is 6.11. The lowest BCUT2D eigenvalue weighted by atomic mass is 10.2. The fraction of sp³-hybridized carbons (Fsp3) is 0.375. The van der Waals surface area contributed by atoms with E-state index in [2.05, 4.69) is 25.6 Å². The van der Waals surface area contributed by atoms with E-state index in [1.807, 2.05) is 18.2 Å². The molecule has 1 saturated carbocycles. The summed E-state index contributed by atoms with van der Waals surface area (Å²) in [6.07, 6.45) is 9.37. The molecule has 0 unspecified atom stereocenters. The number of hydrogen-bond donors (Lipinski definition) is 2. The molecule has 0 atom stereocenters. The van der Waals surface area contributed by atoms with Crippen LogP contribution in [-0.4, -0.2) is 26.9 Å². The summed E-state index contributed by atoms with van der Waals surface area (Å²) in [5.74, 6) is 0.395. The summed E-state index contributed by atoms with van der Waals surface area (Å²) in [7, 11) is 0. The summed E-state index contributed by atoms with van der Waals surface area (Å²) < 4.78 is 0. The van der Waals surface area contributed by atoms with Crippen LogP contribution in [0.5, 0.6) is 0 Å². The number of amides is 1. The third-order valence-electron chi connectivity index (χ3n) is 3.76. The zero-order valence-electron chi connectivity index (χ0n) is 12.3. The van der Waals surface area contributed by atoms with Crippen LogP contribution in [0.4, 0.5) is 5.95 Å². The van der Waals surface area contributed by atoms with Gasteiger partial charge in [-0.1, -0.05) is 18.9 Å². The molecule has 114 valence electrons. The number of anilines is 1. The number of aromatic nitrogens is 3. The van der Waals surface area contributed by atoms with Gasteiger partial charge in [-0.05, 0) is 25.0 Å². The normalized spacial score (nSPS) is 14.7. The first-order chi connectivity index (χ1) is 10.8. The minimum atomic E-state index is -0.0943. The lowest BCUT2D eigenvalue weighted by Crippen LogP contribution is -2.32. The van der Waals surface area contributed by atoms with Crippen molar-refractivity contribution in [2.75, 3.05) is 5.32 Å². The van der Waals surface area contributed by atoms with E-state index in [0.29, 0.717) is 24.1 Å². The standard InChI is InChI=1S/C16H19N5O/c22-15(21-13-5-1-2-6-13)12-9-18-16(19-10-12)20-11-14-7-3-4-8-17-14/h3-4,7-10,13H,1-2,5-6,11H2,(H,21,22)(H,18,19,20). The maximum atomic E-state index is 12.1. The Hall–Kier alpha value is -2.50. The van der Waals surface area contributed by atoms with Gasteiger partial charge in [0.1, 0.15) is 0 Å². The molecule has 6 heteroatoms. The van der Waals surface area contributed by atoms with Crippen molar-refractivity contribution in [1.82, 2.24) is 20.3 Å². The summed E-state index contributed by atoms with van der Waals surface area (Å²) in [4.78, 5) is 24.6. The Bertz CT molecular complexity index is 608. The molecular weight excluding hydrogens is 278 g/mol. The van der Waals surface area contributed by atoms with Crippen LogP contribution in [0.1, 0.15) is 41.7 Å². The van der Waals surface area contributed by atoms with Gasteiger partial charge >= 0.3 is 0 Å². The highest BCUT2D eigenvalue weighted by Gasteiger charge is 2.18. The van der Waals surface area contributed by atoms with Crippen molar-refractivity contribution in [1.29, 1.82) is 0 Å². The molecule has 0 spiro atoms. The van der Waals surface area contributed by atoms with Crippen molar-refractivity contribution < 1.29 is 4.79 Å². The van der Waals surface area contributed by atoms with Crippen LogP contribution >= 0.6 is 0 Å². The van der Waals surface area contributed by atoms with Crippen molar-refractivity contribution in [3.63, 3.8) is 0 Å². The molecular formula is C16H19N5O. The van der Waals surface area contributed by atoms with Gasteiger partial charge in [0.05, 0.1) is 17.8 Å². The second-order valence-corrected chi connectivity index (χ2v) is 5.42. The second kappa shape index (κ2) is 6.98. The SMILES string of the molecule is O=C(NC1CCCC1)c1cnc(NCc2ccccn2)nc1. The van der Waals surface area contributed by atoms with E-state index >= 15 is 0 Å². The number of rotatable bonds is 5. The quantitative estimate of drug-likeness (QED) is 0.884. The fourth-order valence-corrected chi connectivity index (χ4v) is 2.55. The molecule has 3 rings (SSSR count). The Morgan fingerprint density at radius 3 is 2.59 bits per heavy atom. The Morgan fingerprint density at radius 2 is 1.91 bits per heavy atom. The van der Waals surface area contributed by atoms with E-state index in [1.54, 1.807) is 18.6 Å². The van der Waals surface area contributed by atoms with Crippen molar-refractivity contribution >= 4 is 11.9 Å². The summed E-state index contributed by atoms with van der Waals surface area (Å²) in [6, 6.07) is 6.03. The summed E-state index contributed by atoms with van der Waals surface area (Å²) in [6.45, 7) is 0.550. The molecule has 1 aliphatic carbocycles. The molecule has 0 radical (unpaired) electrons. The first kappa shape index (κ1) is 14.4. The Labute approximate surface area is 129 Å². The predicted molar refractivity (Wildman–Crippen MR) is 83.3 cm³/mol. The van der Waals surface area contributed by atoms with E-state index in [1.165, 1.54) is 12.8 Å². The topological polar surface area (TPSA) is 79.8 Å². The van der Waals surface area contributed by atoms with E-state index in [0.717, 1.165) is 18.5 Å². The van der Waals surface area contributed by atoms with Crippen LogP contribution < -0.4 is 10.6 Å². The van der Waals surface area contributed by atoms with Crippen LogP contribution in [0.15, 0.2) is 36.8 Å². The van der Waals surface area contributed by atoms with Crippen LogP contribution in [0, 0.1) is 0 Å². The predicted octanol–water partition coefficient (Wildman–Crippen LogP) is 2.16. The maximum Gasteiger partial charge on any atom is 0.254 e. The van der Waals surface area contributed by atoms with E-state index < -0.39 is 0 Å². The minimum absolute atomic E-state index is 0.0943. The molecule has 6 nitrogen and oxygen atoms in total. The van der Waals surface area contributed by atoms with Gasteiger partial charge in [0.2, 0.25) is 5.95 Å². The third kappa shape index (κ3) is 3.78. The average molecular weight is 297 g/mol. The van der Waals surface area contributed by atoms with Gasteiger partial charge in [-0.15, -0.1) is 0 Å². The lowest BCUT2D eigenvalue weighted by Gasteiger charge is -2.11. The number of hydrogen-bond acceptors (Lipinski definition) is 5. The van der Waals surface area contributed by atoms with Crippen LogP contribution in [-0.2, 0) is 6.54 Å². The number of nitrogens with one attached hydrogen (secondary N) is 2. The Morgan fingerprint density at radius 1 is 1.14 bits per heavy atom. The highest BCUT2D eigenvalue weighted by Crippen LogP contribution is 2.18. The monoisotopic (exact) mass is 297 g/mol. The van der Waals surface area contributed by atoms with Crippen LogP contribution in [0.25, 0.3) is 0 Å². The number of pyridine rings is 1. The number of carbonyl (C=O) groups excluding carboxylic acids is 1. The molecule has 0 saturated heterocycles. The van der Waals surface area contributed by atoms with E-state index in [4.69, 9.17) is 0 Å². The minimum Gasteiger partial charge on any atom is -0.349 e. The lowest BCUT2D eigenvalue weighted by molar-refractivity contribution is 0.0937. The molecule has 2 aromatic heterocycles. The van der Waals surface area contributed by atoms with Gasteiger partial charge in [0.25, 0.3) is 5.91 Å². The Balaban J connectivity index is 1.54. The molecule has 0 bridgehead atoms. The van der Waals surface area contributed by atoms with Crippen LogP contribution in [0.2, 0.25) is 0 Å². The zero-order chi connectivity index (χ0) is 15.2. The zero-order valence-corrected chi connectivity index (χ0v) is 12.3. The number of nitrogens with zero attached hydrogens (tertiary/aromatic N) is 3. The molecule has 1 amide bonds. The second-order valence-electron chi connectivity index (χ2n) is 5.42. The molecule has 2 aromatic rings. The fourth-order valence-electron chi connectivity index (χ4n) is 2.55. The Kier molecular flexibility index (Phi) is 4.58. The molecule has 0 aliphatic heterocycles. The van der Waals surface area contributed by atoms with Crippen molar-refractivity contribution in [2.45, 2.75) is 38.3 Å². The van der Waals surface area contributed by atoms with Gasteiger partial charge in [-0.25, -0.2) is 9.97 Å². The van der Waals surface area contributed by atoms with Crippen molar-refractivity contribution in [2.24, 2.45) is 0 Å². The van der Waals surface area contributed by atoms with Crippen molar-refractivity contribution in [3.05, 3.63) is 48.0 Å². The first-order valence-electron chi connectivity index (χ1n) is 7.58. The van der Waals surface area contributed by atoms with E-state index in [9.17, 15) is 4.79 Å². The smallest absolute Gasteiger partial charge is 0.254 e. The van der Waals surface area contributed by atoms with Gasteiger partial charge in [0, 0.05) is 24.6 Å². The summed E-state index contributed by atoms with van der Waals surface area (Å²) in [5.41, 5.74) is 1.41. The van der Waals surface area contributed by atoms with Crippen LogP contribution in [0.3, 0.4) is 0 Å². The largest absolute Gasteiger partial charge is 0.349 e. The van der Waals surface area contributed by atoms with Gasteiger partial charge < -0.3 is 10.6 Å². The molecule has 1 fully saturated rings.